The van der Waals surface area contributed by atoms with Gasteiger partial charge in [0.05, 0.1) is 27.0 Å². The van der Waals surface area contributed by atoms with E-state index in [0.717, 1.165) is 5.56 Å². The molecule has 158 valence electrons. The van der Waals surface area contributed by atoms with Gasteiger partial charge in [0.15, 0.2) is 18.1 Å². The standard InChI is InChI=1S/C20H22F3NO5/c1-26-16-10-8-13(18(27-2)19(16)28-3)9-11-17(25)24-14-6-4-5-7-15(14)29-12-20(21,22)23/h4-8,10H,9,11-12H2,1-3H3,(H,24,25). The van der Waals surface area contributed by atoms with Gasteiger partial charge >= 0.3 is 6.18 Å². The average molecular weight is 413 g/mol. The van der Waals surface area contributed by atoms with E-state index in [0.29, 0.717) is 23.7 Å². The first-order valence-corrected chi connectivity index (χ1v) is 8.65. The number of alkyl halides is 3. The van der Waals surface area contributed by atoms with Crippen molar-refractivity contribution in [1.29, 1.82) is 0 Å². The maximum Gasteiger partial charge on any atom is 0.422 e. The molecule has 0 saturated carbocycles. The number of methoxy groups -OCH3 is 3. The fourth-order valence-corrected chi connectivity index (χ4v) is 2.68. The Hall–Kier alpha value is -3.10. The number of carbonyl (C=O) groups excluding carboxylic acids is 1. The van der Waals surface area contributed by atoms with Crippen molar-refractivity contribution in [2.45, 2.75) is 19.0 Å². The smallest absolute Gasteiger partial charge is 0.422 e. The summed E-state index contributed by atoms with van der Waals surface area (Å²) < 4.78 is 57.8. The predicted octanol–water partition coefficient (Wildman–Crippen LogP) is 4.22. The molecule has 0 spiro atoms. The number of hydrogen-bond donors (Lipinski definition) is 1. The van der Waals surface area contributed by atoms with Crippen LogP contribution < -0.4 is 24.3 Å². The van der Waals surface area contributed by atoms with Gasteiger partial charge in [-0.2, -0.15) is 13.2 Å². The Kier molecular flexibility index (Phi) is 7.58. The lowest BCUT2D eigenvalue weighted by molar-refractivity contribution is -0.153. The maximum atomic E-state index is 12.4. The summed E-state index contributed by atoms with van der Waals surface area (Å²) in [6.07, 6.45) is -4.08. The fraction of sp³-hybridized carbons (Fsp3) is 0.350. The Bertz CT molecular complexity index is 839. The molecule has 1 amide bonds. The van der Waals surface area contributed by atoms with Crippen molar-refractivity contribution in [2.24, 2.45) is 0 Å². The number of aryl methyl sites for hydroxylation is 1. The van der Waals surface area contributed by atoms with Crippen LogP contribution >= 0.6 is 0 Å². The van der Waals surface area contributed by atoms with E-state index in [4.69, 9.17) is 18.9 Å². The number of anilines is 1. The van der Waals surface area contributed by atoms with E-state index < -0.39 is 12.8 Å². The molecule has 0 unspecified atom stereocenters. The van der Waals surface area contributed by atoms with Gasteiger partial charge in [-0.25, -0.2) is 0 Å². The van der Waals surface area contributed by atoms with Crippen LogP contribution in [0.4, 0.5) is 18.9 Å². The molecule has 0 aliphatic carbocycles. The van der Waals surface area contributed by atoms with Gasteiger partial charge in [0.2, 0.25) is 11.7 Å². The van der Waals surface area contributed by atoms with Crippen molar-refractivity contribution in [3.05, 3.63) is 42.0 Å². The van der Waals surface area contributed by atoms with Crippen LogP contribution in [0.5, 0.6) is 23.0 Å². The van der Waals surface area contributed by atoms with E-state index in [-0.39, 0.29) is 23.8 Å². The summed E-state index contributed by atoms with van der Waals surface area (Å²) in [5.41, 5.74) is 0.892. The molecule has 0 aliphatic heterocycles. The summed E-state index contributed by atoms with van der Waals surface area (Å²) in [5.74, 6) is 0.924. The summed E-state index contributed by atoms with van der Waals surface area (Å²) in [5, 5.41) is 2.58. The fourth-order valence-electron chi connectivity index (χ4n) is 2.68. The van der Waals surface area contributed by atoms with E-state index in [2.05, 4.69) is 5.32 Å². The van der Waals surface area contributed by atoms with Crippen molar-refractivity contribution in [1.82, 2.24) is 0 Å². The molecule has 0 bridgehead atoms. The van der Waals surface area contributed by atoms with E-state index >= 15 is 0 Å². The number of para-hydroxylation sites is 2. The molecule has 0 saturated heterocycles. The molecule has 0 radical (unpaired) electrons. The van der Waals surface area contributed by atoms with Crippen molar-refractivity contribution in [3.63, 3.8) is 0 Å². The lowest BCUT2D eigenvalue weighted by atomic mass is 10.1. The van der Waals surface area contributed by atoms with Crippen LogP contribution in [0.25, 0.3) is 0 Å². The Labute approximate surface area is 166 Å². The number of rotatable bonds is 9. The molecule has 0 heterocycles. The third kappa shape index (κ3) is 6.20. The molecule has 0 aromatic heterocycles. The molecule has 0 aliphatic rings. The van der Waals surface area contributed by atoms with Crippen LogP contribution in [-0.4, -0.2) is 40.0 Å². The molecule has 2 aromatic rings. The van der Waals surface area contributed by atoms with Crippen molar-refractivity contribution in [3.8, 4) is 23.0 Å². The molecule has 0 fully saturated rings. The maximum absolute atomic E-state index is 12.4. The van der Waals surface area contributed by atoms with Gasteiger partial charge < -0.3 is 24.3 Å². The molecule has 2 rings (SSSR count). The number of carbonyl (C=O) groups is 1. The minimum atomic E-state index is -4.47. The van der Waals surface area contributed by atoms with Crippen LogP contribution in [0.1, 0.15) is 12.0 Å². The van der Waals surface area contributed by atoms with Crippen LogP contribution in [0.3, 0.4) is 0 Å². The van der Waals surface area contributed by atoms with Crippen LogP contribution in [-0.2, 0) is 11.2 Å². The van der Waals surface area contributed by atoms with Crippen LogP contribution in [0, 0.1) is 0 Å². The highest BCUT2D eigenvalue weighted by Gasteiger charge is 2.29. The lowest BCUT2D eigenvalue weighted by Crippen LogP contribution is -2.20. The monoisotopic (exact) mass is 413 g/mol. The molecule has 0 atom stereocenters. The Balaban J connectivity index is 2.06. The zero-order valence-corrected chi connectivity index (χ0v) is 16.3. The second-order valence-electron chi connectivity index (χ2n) is 5.94. The summed E-state index contributed by atoms with van der Waals surface area (Å²) in [7, 11) is 4.46. The number of nitrogens with one attached hydrogen (secondary N) is 1. The second kappa shape index (κ2) is 9.90. The second-order valence-corrected chi connectivity index (χ2v) is 5.94. The lowest BCUT2D eigenvalue weighted by Gasteiger charge is -2.16. The van der Waals surface area contributed by atoms with E-state index in [1.807, 2.05) is 0 Å². The minimum Gasteiger partial charge on any atom is -0.493 e. The predicted molar refractivity (Wildman–Crippen MR) is 101 cm³/mol. The van der Waals surface area contributed by atoms with Gasteiger partial charge in [0.25, 0.3) is 0 Å². The van der Waals surface area contributed by atoms with Crippen LogP contribution in [0.15, 0.2) is 36.4 Å². The average Bonchev–Trinajstić information content (AvgIpc) is 2.70. The summed E-state index contributed by atoms with van der Waals surface area (Å²) in [6, 6.07) is 9.41. The van der Waals surface area contributed by atoms with Crippen LogP contribution in [0.2, 0.25) is 0 Å². The van der Waals surface area contributed by atoms with Gasteiger partial charge in [0, 0.05) is 6.42 Å². The van der Waals surface area contributed by atoms with E-state index in [9.17, 15) is 18.0 Å². The third-order valence-corrected chi connectivity index (χ3v) is 3.96. The minimum absolute atomic E-state index is 0.0538. The summed E-state index contributed by atoms with van der Waals surface area (Å²) >= 11 is 0. The number of amides is 1. The largest absolute Gasteiger partial charge is 0.493 e. The highest BCUT2D eigenvalue weighted by molar-refractivity contribution is 5.92. The molecule has 6 nitrogen and oxygen atoms in total. The SMILES string of the molecule is COc1ccc(CCC(=O)Nc2ccccc2OCC(F)(F)F)c(OC)c1OC. The first-order chi connectivity index (χ1) is 13.8. The van der Waals surface area contributed by atoms with Crippen molar-refractivity contribution in [2.75, 3.05) is 33.3 Å². The first-order valence-electron chi connectivity index (χ1n) is 8.65. The highest BCUT2D eigenvalue weighted by Crippen LogP contribution is 2.40. The van der Waals surface area contributed by atoms with Crippen molar-refractivity contribution >= 4 is 11.6 Å². The summed E-state index contributed by atoms with van der Waals surface area (Å²) in [4.78, 5) is 12.3. The Morgan fingerprint density at radius 3 is 2.24 bits per heavy atom. The van der Waals surface area contributed by atoms with E-state index in [1.54, 1.807) is 18.2 Å². The van der Waals surface area contributed by atoms with Gasteiger partial charge in [-0.15, -0.1) is 0 Å². The van der Waals surface area contributed by atoms with Gasteiger partial charge in [-0.05, 0) is 30.2 Å². The molecule has 9 heteroatoms. The number of ether oxygens (including phenoxy) is 4. The zero-order chi connectivity index (χ0) is 21.4. The zero-order valence-electron chi connectivity index (χ0n) is 16.3. The highest BCUT2D eigenvalue weighted by atomic mass is 19.4. The van der Waals surface area contributed by atoms with Gasteiger partial charge in [-0.3, -0.25) is 4.79 Å². The van der Waals surface area contributed by atoms with Gasteiger partial charge in [-0.1, -0.05) is 18.2 Å². The molecule has 1 N–H and O–H groups in total. The molecular weight excluding hydrogens is 391 g/mol. The summed E-state index contributed by atoms with van der Waals surface area (Å²) in [6.45, 7) is -1.44. The van der Waals surface area contributed by atoms with E-state index in [1.165, 1.54) is 39.5 Å². The molecular formula is C20H22F3NO5. The molecule has 29 heavy (non-hydrogen) atoms. The first kappa shape index (κ1) is 22.2. The topological polar surface area (TPSA) is 66.0 Å². The van der Waals surface area contributed by atoms with Gasteiger partial charge in [0.1, 0.15) is 5.75 Å². The Morgan fingerprint density at radius 1 is 0.931 bits per heavy atom. The molecule has 2 aromatic carbocycles. The number of halogens is 3. The number of benzene rings is 2. The quantitative estimate of drug-likeness (QED) is 0.667. The number of hydrogen-bond acceptors (Lipinski definition) is 5. The Morgan fingerprint density at radius 2 is 1.62 bits per heavy atom. The third-order valence-electron chi connectivity index (χ3n) is 3.96. The van der Waals surface area contributed by atoms with Crippen molar-refractivity contribution < 1.29 is 36.9 Å². The normalized spacial score (nSPS) is 11.0.